The Morgan fingerprint density at radius 1 is 1.00 bits per heavy atom. The summed E-state index contributed by atoms with van der Waals surface area (Å²) in [4.78, 5) is 26.8. The molecule has 0 radical (unpaired) electrons. The zero-order valence-electron chi connectivity index (χ0n) is 17.3. The molecule has 2 amide bonds. The first-order valence-corrected chi connectivity index (χ1v) is 10.7. The molecular weight excluding hydrogens is 362 g/mol. The van der Waals surface area contributed by atoms with Crippen LogP contribution < -0.4 is 5.32 Å². The molecule has 4 rings (SSSR count). The van der Waals surface area contributed by atoms with E-state index < -0.39 is 0 Å². The number of aryl methyl sites for hydroxylation is 1. The maximum atomic E-state index is 12.8. The molecule has 3 aromatic rings. The highest BCUT2D eigenvalue weighted by Gasteiger charge is 2.27. The van der Waals surface area contributed by atoms with Gasteiger partial charge in [0, 0.05) is 59.5 Å². The molecule has 0 saturated carbocycles. The number of piperidine rings is 1. The van der Waals surface area contributed by atoms with Crippen LogP contribution in [0.15, 0.2) is 42.5 Å². The molecule has 1 saturated heterocycles. The normalized spacial score (nSPS) is 15.2. The predicted molar refractivity (Wildman–Crippen MR) is 118 cm³/mol. The van der Waals surface area contributed by atoms with Crippen LogP contribution in [0.1, 0.15) is 39.5 Å². The molecule has 5 heteroatoms. The number of hydrogen-bond acceptors (Lipinski definition) is 2. The summed E-state index contributed by atoms with van der Waals surface area (Å²) in [6, 6.07) is 14.6. The largest absolute Gasteiger partial charge is 0.343 e. The van der Waals surface area contributed by atoms with E-state index in [1.165, 1.54) is 21.8 Å². The number of carbonyl (C=O) groups is 2. The average Bonchev–Trinajstić information content (AvgIpc) is 3.07. The van der Waals surface area contributed by atoms with Gasteiger partial charge in [0.25, 0.3) is 0 Å². The number of carbonyl (C=O) groups excluding carboxylic acids is 2. The van der Waals surface area contributed by atoms with Crippen molar-refractivity contribution in [2.24, 2.45) is 5.92 Å². The summed E-state index contributed by atoms with van der Waals surface area (Å²) in [6.45, 7) is 6.44. The van der Waals surface area contributed by atoms with Crippen molar-refractivity contribution in [3.05, 3.63) is 42.5 Å². The highest BCUT2D eigenvalue weighted by atomic mass is 16.2. The van der Waals surface area contributed by atoms with Crippen LogP contribution in [0, 0.1) is 5.92 Å². The highest BCUT2D eigenvalue weighted by molar-refractivity contribution is 6.09. The summed E-state index contributed by atoms with van der Waals surface area (Å²) in [7, 11) is 0. The van der Waals surface area contributed by atoms with Crippen LogP contribution in [0.2, 0.25) is 0 Å². The highest BCUT2D eigenvalue weighted by Crippen LogP contribution is 2.31. The van der Waals surface area contributed by atoms with Crippen LogP contribution in [0.5, 0.6) is 0 Å². The van der Waals surface area contributed by atoms with E-state index in [-0.39, 0.29) is 17.7 Å². The first kappa shape index (κ1) is 19.5. The Hall–Kier alpha value is -2.82. The number of aromatic nitrogens is 1. The van der Waals surface area contributed by atoms with Gasteiger partial charge in [-0.05, 0) is 50.5 Å². The maximum Gasteiger partial charge on any atom is 0.227 e. The van der Waals surface area contributed by atoms with Gasteiger partial charge in [-0.25, -0.2) is 0 Å². The molecule has 1 N–H and O–H groups in total. The monoisotopic (exact) mass is 391 g/mol. The van der Waals surface area contributed by atoms with Crippen molar-refractivity contribution in [2.75, 3.05) is 18.4 Å². The second kappa shape index (κ2) is 8.27. The number of fused-ring (bicyclic) bond motifs is 3. The van der Waals surface area contributed by atoms with Crippen molar-refractivity contribution >= 4 is 39.3 Å². The van der Waals surface area contributed by atoms with Crippen molar-refractivity contribution in [1.29, 1.82) is 0 Å². The molecule has 0 atom stereocenters. The van der Waals surface area contributed by atoms with Crippen molar-refractivity contribution in [3.8, 4) is 0 Å². The Labute approximate surface area is 171 Å². The van der Waals surface area contributed by atoms with Gasteiger partial charge < -0.3 is 14.8 Å². The summed E-state index contributed by atoms with van der Waals surface area (Å²) >= 11 is 0. The van der Waals surface area contributed by atoms with E-state index in [0.717, 1.165) is 31.5 Å². The topological polar surface area (TPSA) is 54.3 Å². The SMILES string of the molecule is CCCC(=O)N1CCC(C(=O)Nc2ccc3c(c2)c2ccccc2n3CC)CC1. The van der Waals surface area contributed by atoms with Crippen LogP contribution in [-0.4, -0.2) is 34.4 Å². The first-order valence-electron chi connectivity index (χ1n) is 10.7. The fourth-order valence-electron chi connectivity index (χ4n) is 4.48. The zero-order chi connectivity index (χ0) is 20.4. The van der Waals surface area contributed by atoms with Gasteiger partial charge in [-0.3, -0.25) is 9.59 Å². The van der Waals surface area contributed by atoms with E-state index in [9.17, 15) is 9.59 Å². The number of amides is 2. The van der Waals surface area contributed by atoms with E-state index >= 15 is 0 Å². The van der Waals surface area contributed by atoms with Crippen molar-refractivity contribution in [2.45, 2.75) is 46.1 Å². The number of para-hydroxylation sites is 1. The molecule has 0 aliphatic carbocycles. The third-order valence-corrected chi connectivity index (χ3v) is 6.04. The van der Waals surface area contributed by atoms with Crippen molar-refractivity contribution < 1.29 is 9.59 Å². The van der Waals surface area contributed by atoms with Crippen LogP contribution in [0.3, 0.4) is 0 Å². The minimum absolute atomic E-state index is 0.0339. The molecule has 5 nitrogen and oxygen atoms in total. The van der Waals surface area contributed by atoms with Crippen LogP contribution in [0.25, 0.3) is 21.8 Å². The molecule has 1 fully saturated rings. The Morgan fingerprint density at radius 2 is 1.72 bits per heavy atom. The summed E-state index contributed by atoms with van der Waals surface area (Å²) in [5, 5.41) is 5.49. The standard InChI is InChI=1S/C24H29N3O2/c1-3-7-23(28)26-14-12-17(13-15-26)24(29)25-18-10-11-22-20(16-18)19-8-5-6-9-21(19)27(22)4-2/h5-6,8-11,16-17H,3-4,7,12-15H2,1-2H3,(H,25,29). The number of nitrogens with zero attached hydrogens (tertiary/aromatic N) is 2. The van der Waals surface area contributed by atoms with E-state index in [2.05, 4.69) is 53.2 Å². The number of hydrogen-bond donors (Lipinski definition) is 1. The Morgan fingerprint density at radius 3 is 2.45 bits per heavy atom. The quantitative estimate of drug-likeness (QED) is 0.680. The lowest BCUT2D eigenvalue weighted by Gasteiger charge is -2.31. The molecule has 152 valence electrons. The molecular formula is C24H29N3O2. The van der Waals surface area contributed by atoms with Crippen molar-refractivity contribution in [3.63, 3.8) is 0 Å². The molecule has 0 spiro atoms. The third-order valence-electron chi connectivity index (χ3n) is 6.04. The fraction of sp³-hybridized carbons (Fsp3) is 0.417. The molecule has 1 aliphatic rings. The fourth-order valence-corrected chi connectivity index (χ4v) is 4.48. The zero-order valence-corrected chi connectivity index (χ0v) is 17.3. The summed E-state index contributed by atoms with van der Waals surface area (Å²) in [5.74, 6) is 0.239. The maximum absolute atomic E-state index is 12.8. The minimum Gasteiger partial charge on any atom is -0.343 e. The smallest absolute Gasteiger partial charge is 0.227 e. The summed E-state index contributed by atoms with van der Waals surface area (Å²) < 4.78 is 2.30. The van der Waals surface area contributed by atoms with Crippen molar-refractivity contribution in [1.82, 2.24) is 9.47 Å². The molecule has 0 unspecified atom stereocenters. The lowest BCUT2D eigenvalue weighted by molar-refractivity contribution is -0.134. The molecule has 2 aromatic carbocycles. The molecule has 2 heterocycles. The Bertz CT molecular complexity index is 1040. The molecule has 1 aliphatic heterocycles. The van der Waals surface area contributed by atoms with E-state index in [4.69, 9.17) is 0 Å². The van der Waals surface area contributed by atoms with Gasteiger partial charge in [0.15, 0.2) is 0 Å². The van der Waals surface area contributed by atoms with E-state index in [0.29, 0.717) is 19.5 Å². The van der Waals surface area contributed by atoms with Gasteiger partial charge in [-0.1, -0.05) is 25.1 Å². The number of anilines is 1. The van der Waals surface area contributed by atoms with Crippen LogP contribution in [-0.2, 0) is 16.1 Å². The van der Waals surface area contributed by atoms with Gasteiger partial charge in [-0.15, -0.1) is 0 Å². The third kappa shape index (κ3) is 3.74. The van der Waals surface area contributed by atoms with Gasteiger partial charge in [0.05, 0.1) is 0 Å². The van der Waals surface area contributed by atoms with Gasteiger partial charge in [-0.2, -0.15) is 0 Å². The van der Waals surface area contributed by atoms with Gasteiger partial charge in [0.1, 0.15) is 0 Å². The second-order valence-electron chi connectivity index (χ2n) is 7.89. The van der Waals surface area contributed by atoms with Gasteiger partial charge >= 0.3 is 0 Å². The predicted octanol–water partition coefficient (Wildman–Crippen LogP) is 4.79. The van der Waals surface area contributed by atoms with Crippen LogP contribution >= 0.6 is 0 Å². The summed E-state index contributed by atoms with van der Waals surface area (Å²) in [5.41, 5.74) is 3.25. The lowest BCUT2D eigenvalue weighted by Crippen LogP contribution is -2.41. The minimum atomic E-state index is -0.0339. The van der Waals surface area contributed by atoms with Gasteiger partial charge in [0.2, 0.25) is 11.8 Å². The Balaban J connectivity index is 1.49. The Kier molecular flexibility index (Phi) is 5.56. The number of likely N-dealkylation sites (tertiary alicyclic amines) is 1. The number of nitrogens with one attached hydrogen (secondary N) is 1. The molecule has 29 heavy (non-hydrogen) atoms. The second-order valence-corrected chi connectivity index (χ2v) is 7.89. The van der Waals surface area contributed by atoms with Crippen LogP contribution in [0.4, 0.5) is 5.69 Å². The molecule has 0 bridgehead atoms. The number of benzene rings is 2. The average molecular weight is 392 g/mol. The number of rotatable bonds is 5. The van der Waals surface area contributed by atoms with E-state index in [1.807, 2.05) is 17.9 Å². The lowest BCUT2D eigenvalue weighted by atomic mass is 9.95. The summed E-state index contributed by atoms with van der Waals surface area (Å²) in [6.07, 6.45) is 2.94. The molecule has 1 aromatic heterocycles. The van der Waals surface area contributed by atoms with E-state index in [1.54, 1.807) is 0 Å². The first-order chi connectivity index (χ1) is 14.1.